The predicted molar refractivity (Wildman–Crippen MR) is 130 cm³/mol. The Bertz CT molecular complexity index is 1370. The predicted octanol–water partition coefficient (Wildman–Crippen LogP) is 4.49. The number of halogens is 6. The van der Waals surface area contributed by atoms with E-state index in [1.54, 1.807) is 18.2 Å². The van der Waals surface area contributed by atoms with Crippen molar-refractivity contribution >= 4 is 38.8 Å². The molecule has 2 aliphatic rings. The third-order valence-electron chi connectivity index (χ3n) is 6.71. The molecule has 3 atom stereocenters. The van der Waals surface area contributed by atoms with Gasteiger partial charge in [0.1, 0.15) is 33.8 Å². The monoisotopic (exact) mass is 559 g/mol. The Kier molecular flexibility index (Phi) is 6.58. The van der Waals surface area contributed by atoms with Gasteiger partial charge in [-0.25, -0.2) is 4.98 Å². The van der Waals surface area contributed by atoms with Gasteiger partial charge in [0.2, 0.25) is 0 Å². The first kappa shape index (κ1) is 26.4. The number of carbonyl (C=O) groups excluding carboxylic acids is 1. The zero-order valence-corrected chi connectivity index (χ0v) is 20.5. The van der Waals surface area contributed by atoms with Crippen LogP contribution in [0, 0.1) is 0 Å². The number of hydrogen-bond acceptors (Lipinski definition) is 7. The maximum absolute atomic E-state index is 13.6. The van der Waals surface area contributed by atoms with Gasteiger partial charge in [0.15, 0.2) is 0 Å². The van der Waals surface area contributed by atoms with Crippen molar-refractivity contribution in [3.63, 3.8) is 0 Å². The minimum absolute atomic E-state index is 0.00478. The molecule has 7 nitrogen and oxygen atoms in total. The number of nitrogens with one attached hydrogen (secondary N) is 1. The summed E-state index contributed by atoms with van der Waals surface area (Å²) in [7, 11) is 0. The summed E-state index contributed by atoms with van der Waals surface area (Å²) in [6, 6.07) is 4.29. The summed E-state index contributed by atoms with van der Waals surface area (Å²) in [6.45, 7) is 0.114. The molecule has 0 bridgehead atoms. The van der Waals surface area contributed by atoms with Crippen molar-refractivity contribution in [2.24, 2.45) is 5.73 Å². The van der Waals surface area contributed by atoms with Gasteiger partial charge in [-0.2, -0.15) is 26.3 Å². The van der Waals surface area contributed by atoms with Crippen LogP contribution in [-0.4, -0.2) is 48.3 Å². The lowest BCUT2D eigenvalue weighted by atomic mass is 9.96. The number of aromatic nitrogens is 1. The van der Waals surface area contributed by atoms with Crippen molar-refractivity contribution < 1.29 is 35.9 Å². The molecule has 5 N–H and O–H groups in total. The normalized spacial score (nSPS) is 22.2. The number of hydrogen-bond donors (Lipinski definition) is 3. The summed E-state index contributed by atoms with van der Waals surface area (Å²) in [5, 5.41) is 3.02. The lowest BCUT2D eigenvalue weighted by Crippen LogP contribution is -2.54. The van der Waals surface area contributed by atoms with Crippen LogP contribution in [0.2, 0.25) is 0 Å². The van der Waals surface area contributed by atoms with Crippen LogP contribution in [0.4, 0.5) is 37.7 Å². The van der Waals surface area contributed by atoms with Gasteiger partial charge in [-0.1, -0.05) is 6.07 Å². The van der Waals surface area contributed by atoms with Crippen molar-refractivity contribution in [3.8, 4) is 5.75 Å². The zero-order chi connectivity index (χ0) is 27.4. The topological polar surface area (TPSA) is 106 Å². The number of thiophene rings is 1. The lowest BCUT2D eigenvalue weighted by molar-refractivity contribution is -0.153. The number of alkyl halides is 6. The van der Waals surface area contributed by atoms with Crippen molar-refractivity contribution in [3.05, 3.63) is 46.5 Å². The van der Waals surface area contributed by atoms with Gasteiger partial charge >= 0.3 is 12.4 Å². The van der Waals surface area contributed by atoms with Gasteiger partial charge in [0.05, 0.1) is 11.7 Å². The van der Waals surface area contributed by atoms with E-state index >= 15 is 0 Å². The Morgan fingerprint density at radius 1 is 1.13 bits per heavy atom. The molecule has 0 spiro atoms. The van der Waals surface area contributed by atoms with Crippen LogP contribution in [0.3, 0.4) is 0 Å². The Morgan fingerprint density at radius 3 is 2.61 bits per heavy atom. The number of fused-ring (bicyclic) bond motifs is 2. The molecule has 0 radical (unpaired) electrons. The third kappa shape index (κ3) is 5.06. The molecule has 204 valence electrons. The Hall–Kier alpha value is -3.26. The minimum Gasteiger partial charge on any atom is -0.491 e. The highest BCUT2D eigenvalue weighted by atomic mass is 32.1. The molecule has 0 aliphatic carbocycles. The van der Waals surface area contributed by atoms with Crippen LogP contribution in [0.25, 0.3) is 10.2 Å². The van der Waals surface area contributed by atoms with Crippen molar-refractivity contribution in [2.45, 2.75) is 49.7 Å². The number of amides is 1. The third-order valence-corrected chi connectivity index (χ3v) is 7.82. The number of nitrogen functional groups attached to an aromatic ring is 1. The van der Waals surface area contributed by atoms with Gasteiger partial charge in [-0.05, 0) is 43.0 Å². The van der Waals surface area contributed by atoms with Gasteiger partial charge in [0, 0.05) is 29.7 Å². The Labute approximate surface area is 216 Å². The standard InChI is InChI=1S/C24H23F6N5O2S/c25-23(26,27)17-5-4-15-19(32)20(38-22(15)34-17)21(36)33-13-7-11-1-3-14(8-16(11)37-10-13)35-9-12(31)2-6-18(35)24(28,29)30/h1,3-5,8,12-13,18H,2,6-7,9-10,31-32H2,(H,33,36). The summed E-state index contributed by atoms with van der Waals surface area (Å²) in [4.78, 5) is 17.8. The van der Waals surface area contributed by atoms with E-state index in [0.29, 0.717) is 23.4 Å². The summed E-state index contributed by atoms with van der Waals surface area (Å²) >= 11 is 0.760. The van der Waals surface area contributed by atoms with E-state index in [1.165, 1.54) is 11.0 Å². The van der Waals surface area contributed by atoms with E-state index < -0.39 is 36.0 Å². The lowest BCUT2D eigenvalue weighted by Gasteiger charge is -2.41. The highest BCUT2D eigenvalue weighted by Gasteiger charge is 2.46. The van der Waals surface area contributed by atoms with Gasteiger partial charge < -0.3 is 26.4 Å². The number of rotatable bonds is 3. The highest BCUT2D eigenvalue weighted by Crippen LogP contribution is 2.39. The second-order valence-electron chi connectivity index (χ2n) is 9.42. The number of nitrogens with zero attached hydrogens (tertiary/aromatic N) is 2. The largest absolute Gasteiger partial charge is 0.491 e. The van der Waals surface area contributed by atoms with Crippen molar-refractivity contribution in [2.75, 3.05) is 23.8 Å². The molecule has 4 heterocycles. The number of benzene rings is 1. The molecular formula is C24H23F6N5O2S. The molecule has 2 aromatic heterocycles. The van der Waals surface area contributed by atoms with Crippen molar-refractivity contribution in [1.82, 2.24) is 10.3 Å². The quantitative estimate of drug-likeness (QED) is 0.409. The highest BCUT2D eigenvalue weighted by molar-refractivity contribution is 7.21. The average molecular weight is 560 g/mol. The van der Waals surface area contributed by atoms with Gasteiger partial charge in [0.25, 0.3) is 5.91 Å². The molecule has 2 aliphatic heterocycles. The van der Waals surface area contributed by atoms with Crippen LogP contribution in [0.1, 0.15) is 33.8 Å². The molecular weight excluding hydrogens is 536 g/mol. The number of piperidine rings is 1. The van der Waals surface area contributed by atoms with Crippen LogP contribution < -0.4 is 26.4 Å². The fraction of sp³-hybridized carbons (Fsp3) is 0.417. The number of nitrogens with two attached hydrogens (primary N) is 2. The molecule has 14 heteroatoms. The fourth-order valence-corrected chi connectivity index (χ4v) is 5.83. The number of ether oxygens (including phenoxy) is 1. The van der Waals surface area contributed by atoms with E-state index in [-0.39, 0.29) is 52.8 Å². The van der Waals surface area contributed by atoms with Crippen LogP contribution in [-0.2, 0) is 12.6 Å². The first-order chi connectivity index (χ1) is 17.8. The summed E-state index contributed by atoms with van der Waals surface area (Å²) in [5.41, 5.74) is 12.0. The molecule has 1 fully saturated rings. The molecule has 3 aromatic rings. The number of carbonyl (C=O) groups is 1. The molecule has 1 saturated heterocycles. The Balaban J connectivity index is 1.31. The van der Waals surface area contributed by atoms with Gasteiger partial charge in [-0.3, -0.25) is 4.79 Å². The van der Waals surface area contributed by atoms with Gasteiger partial charge in [-0.15, -0.1) is 11.3 Å². The summed E-state index contributed by atoms with van der Waals surface area (Å²) in [5.74, 6) is -0.165. The number of anilines is 2. The summed E-state index contributed by atoms with van der Waals surface area (Å²) < 4.78 is 85.6. The molecule has 0 saturated carbocycles. The molecule has 38 heavy (non-hydrogen) atoms. The van der Waals surface area contributed by atoms with E-state index in [2.05, 4.69) is 10.3 Å². The maximum atomic E-state index is 13.6. The average Bonchev–Trinajstić information content (AvgIpc) is 3.18. The molecule has 1 amide bonds. The molecule has 5 rings (SSSR count). The van der Waals surface area contributed by atoms with E-state index in [4.69, 9.17) is 16.2 Å². The van der Waals surface area contributed by atoms with E-state index in [0.717, 1.165) is 17.4 Å². The van der Waals surface area contributed by atoms with Crippen LogP contribution in [0.15, 0.2) is 30.3 Å². The molecule has 1 aromatic carbocycles. The van der Waals surface area contributed by atoms with Crippen molar-refractivity contribution in [1.29, 1.82) is 0 Å². The number of pyridine rings is 1. The fourth-order valence-electron chi connectivity index (χ4n) is 4.83. The smallest absolute Gasteiger partial charge is 0.433 e. The first-order valence-corrected chi connectivity index (χ1v) is 12.5. The molecule has 3 unspecified atom stereocenters. The SMILES string of the molecule is Nc1c(C(=O)NC2COc3cc(N4CC(N)CCC4C(F)(F)F)ccc3C2)sc2nc(C(F)(F)F)ccc12. The minimum atomic E-state index is -4.63. The second kappa shape index (κ2) is 9.49. The second-order valence-corrected chi connectivity index (χ2v) is 10.4. The summed E-state index contributed by atoms with van der Waals surface area (Å²) in [6.07, 6.45) is -8.50. The Morgan fingerprint density at radius 2 is 1.89 bits per heavy atom. The van der Waals surface area contributed by atoms with E-state index in [9.17, 15) is 31.1 Å². The van der Waals surface area contributed by atoms with Crippen LogP contribution >= 0.6 is 11.3 Å². The maximum Gasteiger partial charge on any atom is 0.433 e. The zero-order valence-electron chi connectivity index (χ0n) is 19.7. The van der Waals surface area contributed by atoms with E-state index in [1.807, 2.05) is 0 Å². The first-order valence-electron chi connectivity index (χ1n) is 11.7. The van der Waals surface area contributed by atoms with Crippen LogP contribution in [0.5, 0.6) is 5.75 Å².